The van der Waals surface area contributed by atoms with Crippen molar-refractivity contribution in [3.05, 3.63) is 81.3 Å². The SMILES string of the molecule is Cc1ccc(CN(C)C(=O)c2cc3c(C)nn(-c4ccc(Cl)cc4)c3s2)cc1. The number of fused-ring (bicyclic) bond motifs is 1. The number of hydrogen-bond acceptors (Lipinski definition) is 3. The molecule has 0 fully saturated rings. The van der Waals surface area contributed by atoms with E-state index in [1.807, 2.05) is 49.0 Å². The fourth-order valence-corrected chi connectivity index (χ4v) is 4.44. The molecule has 0 unspecified atom stereocenters. The average Bonchev–Trinajstić information content (AvgIpc) is 3.24. The molecule has 2 aromatic carbocycles. The molecule has 0 radical (unpaired) electrons. The van der Waals surface area contributed by atoms with Gasteiger partial charge in [-0.1, -0.05) is 41.4 Å². The number of hydrogen-bond donors (Lipinski definition) is 0. The molecule has 4 nitrogen and oxygen atoms in total. The maximum absolute atomic E-state index is 13.0. The first-order valence-corrected chi connectivity index (χ1v) is 10.2. The predicted octanol–water partition coefficient (Wildman–Crippen LogP) is 5.63. The van der Waals surface area contributed by atoms with E-state index < -0.39 is 0 Å². The first-order valence-electron chi connectivity index (χ1n) is 8.98. The van der Waals surface area contributed by atoms with Gasteiger partial charge >= 0.3 is 0 Å². The van der Waals surface area contributed by atoms with Crippen LogP contribution >= 0.6 is 22.9 Å². The van der Waals surface area contributed by atoms with Gasteiger partial charge in [0, 0.05) is 24.0 Å². The lowest BCUT2D eigenvalue weighted by molar-refractivity contribution is 0.0790. The molecule has 28 heavy (non-hydrogen) atoms. The van der Waals surface area contributed by atoms with Crippen LogP contribution in [0, 0.1) is 13.8 Å². The van der Waals surface area contributed by atoms with Crippen molar-refractivity contribution >= 4 is 39.1 Å². The van der Waals surface area contributed by atoms with Gasteiger partial charge in [0.1, 0.15) is 4.83 Å². The molecule has 0 spiro atoms. The Morgan fingerprint density at radius 2 is 1.79 bits per heavy atom. The Morgan fingerprint density at radius 1 is 1.11 bits per heavy atom. The quantitative estimate of drug-likeness (QED) is 0.438. The number of nitrogens with zero attached hydrogens (tertiary/aromatic N) is 3. The summed E-state index contributed by atoms with van der Waals surface area (Å²) in [5, 5.41) is 6.32. The molecule has 4 rings (SSSR count). The van der Waals surface area contributed by atoms with Gasteiger partial charge < -0.3 is 4.90 Å². The Bertz CT molecular complexity index is 1140. The molecule has 0 aliphatic heterocycles. The molecule has 2 heterocycles. The molecule has 0 aliphatic carbocycles. The second kappa shape index (κ2) is 7.41. The third-order valence-electron chi connectivity index (χ3n) is 4.71. The highest BCUT2D eigenvalue weighted by molar-refractivity contribution is 7.20. The van der Waals surface area contributed by atoms with Crippen molar-refractivity contribution in [1.82, 2.24) is 14.7 Å². The van der Waals surface area contributed by atoms with Crippen LogP contribution in [0.2, 0.25) is 5.02 Å². The van der Waals surface area contributed by atoms with Crippen LogP contribution in [0.15, 0.2) is 54.6 Å². The Balaban J connectivity index is 1.63. The summed E-state index contributed by atoms with van der Waals surface area (Å²) in [5.74, 6) is 0.0174. The Hall–Kier alpha value is -2.63. The van der Waals surface area contributed by atoms with Gasteiger partial charge in [-0.3, -0.25) is 4.79 Å². The van der Waals surface area contributed by atoms with Crippen molar-refractivity contribution in [3.8, 4) is 5.69 Å². The van der Waals surface area contributed by atoms with Gasteiger partial charge in [0.05, 0.1) is 16.3 Å². The van der Waals surface area contributed by atoms with Crippen molar-refractivity contribution < 1.29 is 4.79 Å². The lowest BCUT2D eigenvalue weighted by Gasteiger charge is -2.16. The summed E-state index contributed by atoms with van der Waals surface area (Å²) in [6, 6.07) is 17.7. The number of carbonyl (C=O) groups is 1. The summed E-state index contributed by atoms with van der Waals surface area (Å²) in [5.41, 5.74) is 4.16. The van der Waals surface area contributed by atoms with Gasteiger partial charge in [-0.25, -0.2) is 4.68 Å². The van der Waals surface area contributed by atoms with Crippen molar-refractivity contribution in [2.24, 2.45) is 0 Å². The average molecular weight is 410 g/mol. The molecule has 0 aliphatic rings. The van der Waals surface area contributed by atoms with Crippen LogP contribution in [0.4, 0.5) is 0 Å². The number of thiophene rings is 1. The summed E-state index contributed by atoms with van der Waals surface area (Å²) in [6.07, 6.45) is 0. The van der Waals surface area contributed by atoms with Gasteiger partial charge in [0.15, 0.2) is 0 Å². The molecule has 0 bridgehead atoms. The number of aryl methyl sites for hydroxylation is 2. The summed E-state index contributed by atoms with van der Waals surface area (Å²) >= 11 is 7.47. The van der Waals surface area contributed by atoms with E-state index in [-0.39, 0.29) is 5.91 Å². The summed E-state index contributed by atoms with van der Waals surface area (Å²) in [7, 11) is 1.84. The fraction of sp³-hybridized carbons (Fsp3) is 0.182. The van der Waals surface area contributed by atoms with Crippen LogP contribution in [0.1, 0.15) is 26.5 Å². The summed E-state index contributed by atoms with van der Waals surface area (Å²) < 4.78 is 1.88. The Morgan fingerprint density at radius 3 is 2.46 bits per heavy atom. The molecule has 0 N–H and O–H groups in total. The van der Waals surface area contributed by atoms with Crippen molar-refractivity contribution in [2.45, 2.75) is 20.4 Å². The lowest BCUT2D eigenvalue weighted by Crippen LogP contribution is -2.25. The molecule has 0 saturated heterocycles. The molecule has 1 amide bonds. The van der Waals surface area contributed by atoms with Crippen LogP contribution in [0.25, 0.3) is 15.9 Å². The summed E-state index contributed by atoms with van der Waals surface area (Å²) in [6.45, 7) is 4.60. The van der Waals surface area contributed by atoms with E-state index >= 15 is 0 Å². The maximum atomic E-state index is 13.0. The smallest absolute Gasteiger partial charge is 0.264 e. The lowest BCUT2D eigenvalue weighted by atomic mass is 10.1. The van der Waals surface area contributed by atoms with E-state index in [2.05, 4.69) is 36.3 Å². The number of benzene rings is 2. The molecule has 142 valence electrons. The molecule has 2 aromatic heterocycles. The minimum absolute atomic E-state index is 0.0174. The Labute approximate surface area is 173 Å². The standard InChI is InChI=1S/C22H20ClN3OS/c1-14-4-6-16(7-5-14)13-25(3)21(27)20-12-19-15(2)24-26(22(19)28-20)18-10-8-17(23)9-11-18/h4-12H,13H2,1-3H3. The third-order valence-corrected chi connectivity index (χ3v) is 6.06. The highest BCUT2D eigenvalue weighted by Gasteiger charge is 2.19. The highest BCUT2D eigenvalue weighted by atomic mass is 35.5. The second-order valence-electron chi connectivity index (χ2n) is 6.95. The number of carbonyl (C=O) groups excluding carboxylic acids is 1. The number of amides is 1. The number of halogens is 1. The summed E-state index contributed by atoms with van der Waals surface area (Å²) in [4.78, 5) is 16.4. The minimum atomic E-state index is 0.0174. The first-order chi connectivity index (χ1) is 13.4. The van der Waals surface area contributed by atoms with Crippen LogP contribution in [0.3, 0.4) is 0 Å². The number of rotatable bonds is 4. The van der Waals surface area contributed by atoms with E-state index in [1.54, 1.807) is 4.90 Å². The van der Waals surface area contributed by atoms with Gasteiger partial charge in [0.25, 0.3) is 5.91 Å². The zero-order valence-electron chi connectivity index (χ0n) is 15.9. The molecule has 0 saturated carbocycles. The first kappa shape index (κ1) is 18.7. The van der Waals surface area contributed by atoms with Crippen molar-refractivity contribution in [1.29, 1.82) is 0 Å². The van der Waals surface area contributed by atoms with Gasteiger partial charge in [-0.2, -0.15) is 5.10 Å². The molecule has 0 atom stereocenters. The zero-order chi connectivity index (χ0) is 19.8. The van der Waals surface area contributed by atoms with Gasteiger partial charge in [-0.15, -0.1) is 11.3 Å². The minimum Gasteiger partial charge on any atom is -0.337 e. The van der Waals surface area contributed by atoms with Crippen LogP contribution in [-0.4, -0.2) is 27.6 Å². The van der Waals surface area contributed by atoms with E-state index in [1.165, 1.54) is 16.9 Å². The van der Waals surface area contributed by atoms with Crippen LogP contribution in [0.5, 0.6) is 0 Å². The Kier molecular flexibility index (Phi) is 4.96. The largest absolute Gasteiger partial charge is 0.337 e. The predicted molar refractivity (Wildman–Crippen MR) is 116 cm³/mol. The maximum Gasteiger partial charge on any atom is 0.264 e. The molecular formula is C22H20ClN3OS. The van der Waals surface area contributed by atoms with E-state index in [0.717, 1.165) is 27.2 Å². The van der Waals surface area contributed by atoms with E-state index in [9.17, 15) is 4.79 Å². The van der Waals surface area contributed by atoms with E-state index in [0.29, 0.717) is 16.4 Å². The monoisotopic (exact) mass is 409 g/mol. The molecule has 6 heteroatoms. The second-order valence-corrected chi connectivity index (χ2v) is 8.42. The third kappa shape index (κ3) is 3.55. The van der Waals surface area contributed by atoms with Gasteiger partial charge in [-0.05, 0) is 49.7 Å². The van der Waals surface area contributed by atoms with Crippen LogP contribution in [-0.2, 0) is 6.54 Å². The normalized spacial score (nSPS) is 11.1. The highest BCUT2D eigenvalue weighted by Crippen LogP contribution is 2.31. The topological polar surface area (TPSA) is 38.1 Å². The van der Waals surface area contributed by atoms with E-state index in [4.69, 9.17) is 11.6 Å². The van der Waals surface area contributed by atoms with Gasteiger partial charge in [0.2, 0.25) is 0 Å². The number of aromatic nitrogens is 2. The van der Waals surface area contributed by atoms with Crippen LogP contribution < -0.4 is 0 Å². The molecular weight excluding hydrogens is 390 g/mol. The molecule has 4 aromatic rings. The zero-order valence-corrected chi connectivity index (χ0v) is 17.5. The van der Waals surface area contributed by atoms with Crippen molar-refractivity contribution in [3.63, 3.8) is 0 Å². The van der Waals surface area contributed by atoms with Crippen molar-refractivity contribution in [2.75, 3.05) is 7.05 Å². The fourth-order valence-electron chi connectivity index (χ4n) is 3.14.